The van der Waals surface area contributed by atoms with Gasteiger partial charge in [-0.25, -0.2) is 8.42 Å². The standard InChI is InChI=1S/C20H23ClN2O5S/c1-15-3-6-17(7-4-15)29(25,26)23(14-20(24)22-9-11-28-12-10-22)18-13-16(21)5-8-19(18)27-2/h3-8,13H,9-12,14H2,1-2H3. The summed E-state index contributed by atoms with van der Waals surface area (Å²) < 4.78 is 38.6. The van der Waals surface area contributed by atoms with E-state index in [1.165, 1.54) is 25.3 Å². The van der Waals surface area contributed by atoms with Crippen LogP contribution in [0.4, 0.5) is 5.69 Å². The van der Waals surface area contributed by atoms with Crippen LogP contribution in [0.5, 0.6) is 5.75 Å². The molecule has 156 valence electrons. The van der Waals surface area contributed by atoms with Crippen molar-refractivity contribution in [3.63, 3.8) is 0 Å². The van der Waals surface area contributed by atoms with E-state index in [-0.39, 0.29) is 23.0 Å². The smallest absolute Gasteiger partial charge is 0.264 e. The molecule has 2 aromatic carbocycles. The monoisotopic (exact) mass is 438 g/mol. The Labute approximate surface area is 175 Å². The first-order valence-electron chi connectivity index (χ1n) is 9.11. The lowest BCUT2D eigenvalue weighted by molar-refractivity contribution is -0.133. The molecular weight excluding hydrogens is 416 g/mol. The second-order valence-electron chi connectivity index (χ2n) is 6.63. The van der Waals surface area contributed by atoms with E-state index in [0.29, 0.717) is 37.1 Å². The molecule has 3 rings (SSSR count). The van der Waals surface area contributed by atoms with Crippen molar-refractivity contribution in [1.82, 2.24) is 4.90 Å². The molecule has 29 heavy (non-hydrogen) atoms. The quantitative estimate of drug-likeness (QED) is 0.693. The molecule has 0 aromatic heterocycles. The molecule has 9 heteroatoms. The van der Waals surface area contributed by atoms with Gasteiger partial charge in [-0.1, -0.05) is 29.3 Å². The average Bonchev–Trinajstić information content (AvgIpc) is 2.72. The minimum atomic E-state index is -4.04. The van der Waals surface area contributed by atoms with Gasteiger partial charge in [0.1, 0.15) is 12.3 Å². The lowest BCUT2D eigenvalue weighted by Gasteiger charge is -2.31. The number of aryl methyl sites for hydroxylation is 1. The highest BCUT2D eigenvalue weighted by molar-refractivity contribution is 7.92. The van der Waals surface area contributed by atoms with E-state index >= 15 is 0 Å². The molecule has 0 unspecified atom stereocenters. The molecule has 1 saturated heterocycles. The van der Waals surface area contributed by atoms with E-state index in [2.05, 4.69) is 0 Å². The number of anilines is 1. The Bertz CT molecular complexity index is 973. The predicted molar refractivity (Wildman–Crippen MR) is 111 cm³/mol. The Kier molecular flexibility index (Phi) is 6.66. The highest BCUT2D eigenvalue weighted by Gasteiger charge is 2.31. The Morgan fingerprint density at radius 2 is 1.83 bits per heavy atom. The fraction of sp³-hybridized carbons (Fsp3) is 0.350. The maximum atomic E-state index is 13.5. The van der Waals surface area contributed by atoms with Gasteiger partial charge in [-0.05, 0) is 37.3 Å². The fourth-order valence-corrected chi connectivity index (χ4v) is 4.61. The maximum absolute atomic E-state index is 13.5. The van der Waals surface area contributed by atoms with Crippen molar-refractivity contribution in [2.24, 2.45) is 0 Å². The number of ether oxygens (including phenoxy) is 2. The zero-order chi connectivity index (χ0) is 21.0. The van der Waals surface area contributed by atoms with Crippen LogP contribution in [0.15, 0.2) is 47.4 Å². The number of benzene rings is 2. The summed E-state index contributed by atoms with van der Waals surface area (Å²) in [5, 5.41) is 0.337. The number of methoxy groups -OCH3 is 1. The van der Waals surface area contributed by atoms with Crippen LogP contribution >= 0.6 is 11.6 Å². The minimum Gasteiger partial charge on any atom is -0.495 e. The van der Waals surface area contributed by atoms with Crippen molar-refractivity contribution in [1.29, 1.82) is 0 Å². The van der Waals surface area contributed by atoms with Crippen molar-refractivity contribution in [2.45, 2.75) is 11.8 Å². The molecule has 0 aliphatic carbocycles. The van der Waals surface area contributed by atoms with Gasteiger partial charge >= 0.3 is 0 Å². The molecule has 0 spiro atoms. The van der Waals surface area contributed by atoms with Gasteiger partial charge in [0.2, 0.25) is 5.91 Å². The van der Waals surface area contributed by atoms with Gasteiger partial charge in [0.15, 0.2) is 0 Å². The van der Waals surface area contributed by atoms with Gasteiger partial charge in [-0.2, -0.15) is 0 Å². The van der Waals surface area contributed by atoms with Crippen LogP contribution in [-0.2, 0) is 19.6 Å². The van der Waals surface area contributed by atoms with Gasteiger partial charge in [0.25, 0.3) is 10.0 Å². The summed E-state index contributed by atoms with van der Waals surface area (Å²) in [4.78, 5) is 14.6. The molecule has 7 nitrogen and oxygen atoms in total. The van der Waals surface area contributed by atoms with Crippen LogP contribution in [0.1, 0.15) is 5.56 Å². The van der Waals surface area contributed by atoms with Crippen molar-refractivity contribution in [2.75, 3.05) is 44.3 Å². The largest absolute Gasteiger partial charge is 0.495 e. The summed E-state index contributed by atoms with van der Waals surface area (Å²) in [6.07, 6.45) is 0. The summed E-state index contributed by atoms with van der Waals surface area (Å²) in [5.41, 5.74) is 1.14. The number of amides is 1. The Hall–Kier alpha value is -2.29. The molecule has 0 atom stereocenters. The second-order valence-corrected chi connectivity index (χ2v) is 8.93. The number of hydrogen-bond donors (Lipinski definition) is 0. The van der Waals surface area contributed by atoms with Crippen LogP contribution < -0.4 is 9.04 Å². The zero-order valence-electron chi connectivity index (χ0n) is 16.3. The van der Waals surface area contributed by atoms with E-state index in [1.807, 2.05) is 6.92 Å². The lowest BCUT2D eigenvalue weighted by Crippen LogP contribution is -2.47. The fourth-order valence-electron chi connectivity index (χ4n) is 3.03. The first-order chi connectivity index (χ1) is 13.8. The van der Waals surface area contributed by atoms with Crippen LogP contribution in [0.25, 0.3) is 0 Å². The molecule has 1 fully saturated rings. The van der Waals surface area contributed by atoms with Crippen molar-refractivity contribution in [3.8, 4) is 5.75 Å². The van der Waals surface area contributed by atoms with Crippen LogP contribution in [-0.4, -0.2) is 59.2 Å². The summed E-state index contributed by atoms with van der Waals surface area (Å²) in [6, 6.07) is 11.1. The number of rotatable bonds is 6. The highest BCUT2D eigenvalue weighted by Crippen LogP contribution is 2.35. The SMILES string of the molecule is COc1ccc(Cl)cc1N(CC(=O)N1CCOCC1)S(=O)(=O)c1ccc(C)cc1. The zero-order valence-corrected chi connectivity index (χ0v) is 17.9. The predicted octanol–water partition coefficient (Wildman–Crippen LogP) is 2.71. The van der Waals surface area contributed by atoms with Crippen LogP contribution in [0.2, 0.25) is 5.02 Å². The third kappa shape index (κ3) is 4.83. The minimum absolute atomic E-state index is 0.0832. The van der Waals surface area contributed by atoms with E-state index in [1.54, 1.807) is 29.2 Å². The Balaban J connectivity index is 2.05. The number of nitrogens with zero attached hydrogens (tertiary/aromatic N) is 2. The second kappa shape index (κ2) is 9.02. The van der Waals surface area contributed by atoms with Crippen LogP contribution in [0, 0.1) is 6.92 Å². The van der Waals surface area contributed by atoms with E-state index in [4.69, 9.17) is 21.1 Å². The maximum Gasteiger partial charge on any atom is 0.264 e. The number of sulfonamides is 1. The van der Waals surface area contributed by atoms with Gasteiger partial charge in [0.05, 0.1) is 30.9 Å². The topological polar surface area (TPSA) is 76.2 Å². The Morgan fingerprint density at radius 1 is 1.17 bits per heavy atom. The van der Waals surface area contributed by atoms with Crippen molar-refractivity contribution < 1.29 is 22.7 Å². The van der Waals surface area contributed by atoms with Gasteiger partial charge in [-0.3, -0.25) is 9.10 Å². The lowest BCUT2D eigenvalue weighted by atomic mass is 10.2. The third-order valence-corrected chi connectivity index (χ3v) is 6.67. The normalized spacial score (nSPS) is 14.5. The first-order valence-corrected chi connectivity index (χ1v) is 10.9. The molecule has 0 saturated carbocycles. The summed E-state index contributed by atoms with van der Waals surface area (Å²) in [5.74, 6) is -0.00844. The van der Waals surface area contributed by atoms with Gasteiger partial charge in [0, 0.05) is 18.1 Å². The van der Waals surface area contributed by atoms with E-state index < -0.39 is 10.0 Å². The first kappa shape index (κ1) is 21.4. The molecule has 1 aliphatic rings. The van der Waals surface area contributed by atoms with Crippen molar-refractivity contribution in [3.05, 3.63) is 53.1 Å². The van der Waals surface area contributed by atoms with E-state index in [0.717, 1.165) is 9.87 Å². The molecule has 0 radical (unpaired) electrons. The highest BCUT2D eigenvalue weighted by atomic mass is 35.5. The molecule has 1 aliphatic heterocycles. The molecule has 0 bridgehead atoms. The van der Waals surface area contributed by atoms with Gasteiger partial charge in [-0.15, -0.1) is 0 Å². The Morgan fingerprint density at radius 3 is 2.45 bits per heavy atom. The molecule has 0 N–H and O–H groups in total. The van der Waals surface area contributed by atoms with Crippen LogP contribution in [0.3, 0.4) is 0 Å². The molecule has 2 aromatic rings. The number of carbonyl (C=O) groups is 1. The van der Waals surface area contributed by atoms with Gasteiger partial charge < -0.3 is 14.4 Å². The number of morpholine rings is 1. The molecule has 1 heterocycles. The van der Waals surface area contributed by atoms with Crippen molar-refractivity contribution >= 4 is 33.2 Å². The average molecular weight is 439 g/mol. The third-order valence-electron chi connectivity index (χ3n) is 4.66. The molecular formula is C20H23ClN2O5S. The summed E-state index contributed by atoms with van der Waals surface area (Å²) in [6.45, 7) is 3.20. The summed E-state index contributed by atoms with van der Waals surface area (Å²) >= 11 is 6.13. The van der Waals surface area contributed by atoms with E-state index in [9.17, 15) is 13.2 Å². The number of hydrogen-bond acceptors (Lipinski definition) is 5. The number of carbonyl (C=O) groups excluding carboxylic acids is 1. The summed E-state index contributed by atoms with van der Waals surface area (Å²) in [7, 11) is -2.60. The molecule has 1 amide bonds. The number of halogens is 1.